The predicted octanol–water partition coefficient (Wildman–Crippen LogP) is 4.09. The summed E-state index contributed by atoms with van der Waals surface area (Å²) >= 11 is 1.75. The van der Waals surface area contributed by atoms with Crippen LogP contribution in [-0.4, -0.2) is 40.0 Å². The van der Waals surface area contributed by atoms with Gasteiger partial charge in [-0.1, -0.05) is 24.3 Å². The van der Waals surface area contributed by atoms with Crippen molar-refractivity contribution >= 4 is 34.7 Å². The molecule has 7 nitrogen and oxygen atoms in total. The van der Waals surface area contributed by atoms with Crippen molar-refractivity contribution in [1.29, 1.82) is 0 Å². The molecular formula is C23H22N6OS. The zero-order valence-corrected chi connectivity index (χ0v) is 17.9. The standard InChI is InChI=1S/C23H22N6OS/c1-31-18-10-8-16(9-11-18)21-26-22-24-14-27(13-17-5-4-12-30-17)15-28(22)23-25-19-6-2-3-7-20(19)29(21)23/h2-12,21H,13-15H2,1H3,(H,24,26)/t21-/m0/s1. The summed E-state index contributed by atoms with van der Waals surface area (Å²) in [4.78, 5) is 15.5. The quantitative estimate of drug-likeness (QED) is 0.492. The Labute approximate surface area is 184 Å². The molecule has 0 radical (unpaired) electrons. The third kappa shape index (κ3) is 3.19. The van der Waals surface area contributed by atoms with Crippen molar-refractivity contribution in [2.75, 3.05) is 24.5 Å². The molecule has 0 saturated heterocycles. The third-order valence-electron chi connectivity index (χ3n) is 5.75. The number of aliphatic imine (C=N–C) groups is 1. The number of thioether (sulfide) groups is 1. The molecule has 4 heterocycles. The first-order valence-corrected chi connectivity index (χ1v) is 11.5. The fourth-order valence-electron chi connectivity index (χ4n) is 4.25. The van der Waals surface area contributed by atoms with Crippen LogP contribution in [-0.2, 0) is 6.54 Å². The molecule has 0 saturated carbocycles. The SMILES string of the molecule is CSc1ccc([C@H]2NC3=NCN(Cc4ccco4)CN3c3nc4ccccc4n32)cc1. The van der Waals surface area contributed by atoms with Crippen LogP contribution in [0.15, 0.2) is 81.2 Å². The lowest BCUT2D eigenvalue weighted by Crippen LogP contribution is -2.57. The molecule has 0 fully saturated rings. The van der Waals surface area contributed by atoms with Crippen LogP contribution in [0.4, 0.5) is 5.95 Å². The second-order valence-electron chi connectivity index (χ2n) is 7.69. The monoisotopic (exact) mass is 430 g/mol. The first-order valence-electron chi connectivity index (χ1n) is 10.2. The minimum atomic E-state index is -0.0649. The second-order valence-corrected chi connectivity index (χ2v) is 8.57. The summed E-state index contributed by atoms with van der Waals surface area (Å²) in [6, 6.07) is 20.9. The van der Waals surface area contributed by atoms with Crippen molar-refractivity contribution in [2.45, 2.75) is 17.6 Å². The van der Waals surface area contributed by atoms with E-state index in [1.54, 1.807) is 18.0 Å². The number of anilines is 1. The van der Waals surface area contributed by atoms with E-state index in [1.807, 2.05) is 18.2 Å². The molecule has 0 spiro atoms. The third-order valence-corrected chi connectivity index (χ3v) is 6.49. The molecule has 31 heavy (non-hydrogen) atoms. The summed E-state index contributed by atoms with van der Waals surface area (Å²) < 4.78 is 7.81. The topological polar surface area (TPSA) is 61.8 Å². The maximum absolute atomic E-state index is 5.54. The Hall–Kier alpha value is -3.23. The number of hydrogen-bond acceptors (Lipinski definition) is 7. The number of benzene rings is 2. The summed E-state index contributed by atoms with van der Waals surface area (Å²) in [5.41, 5.74) is 3.27. The fraction of sp³-hybridized carbons (Fsp3) is 0.217. The molecule has 0 bridgehead atoms. The smallest absolute Gasteiger partial charge is 0.216 e. The van der Waals surface area contributed by atoms with Gasteiger partial charge in [-0.2, -0.15) is 0 Å². The highest BCUT2D eigenvalue weighted by Gasteiger charge is 2.35. The number of guanidine groups is 1. The van der Waals surface area contributed by atoms with Crippen LogP contribution in [0.1, 0.15) is 17.5 Å². The molecule has 0 amide bonds. The molecule has 0 aliphatic carbocycles. The highest BCUT2D eigenvalue weighted by molar-refractivity contribution is 7.98. The zero-order chi connectivity index (χ0) is 20.8. The van der Waals surface area contributed by atoms with Gasteiger partial charge in [0.15, 0.2) is 0 Å². The maximum atomic E-state index is 5.54. The molecule has 1 N–H and O–H groups in total. The molecule has 156 valence electrons. The van der Waals surface area contributed by atoms with Crippen molar-refractivity contribution in [3.05, 3.63) is 78.3 Å². The Morgan fingerprint density at radius 3 is 2.77 bits per heavy atom. The first kappa shape index (κ1) is 18.5. The van der Waals surface area contributed by atoms with E-state index in [0.29, 0.717) is 19.9 Å². The van der Waals surface area contributed by atoms with Crippen LogP contribution in [0.5, 0.6) is 0 Å². The number of nitrogens with zero attached hydrogens (tertiary/aromatic N) is 5. The van der Waals surface area contributed by atoms with Gasteiger partial charge < -0.3 is 9.73 Å². The van der Waals surface area contributed by atoms with Gasteiger partial charge in [-0.15, -0.1) is 11.8 Å². The molecule has 4 aromatic rings. The maximum Gasteiger partial charge on any atom is 0.216 e. The number of fused-ring (bicyclic) bond motifs is 5. The first-order chi connectivity index (χ1) is 15.3. The van der Waals surface area contributed by atoms with Crippen molar-refractivity contribution in [1.82, 2.24) is 19.8 Å². The molecule has 8 heteroatoms. The van der Waals surface area contributed by atoms with Crippen LogP contribution >= 0.6 is 11.8 Å². The number of aromatic nitrogens is 2. The number of nitrogens with one attached hydrogen (secondary N) is 1. The van der Waals surface area contributed by atoms with Crippen molar-refractivity contribution in [2.24, 2.45) is 4.99 Å². The van der Waals surface area contributed by atoms with E-state index in [0.717, 1.165) is 28.7 Å². The molecule has 2 aliphatic heterocycles. The number of hydrogen-bond donors (Lipinski definition) is 1. The molecule has 2 aromatic heterocycles. The number of para-hydroxylation sites is 2. The Bertz CT molecular complexity index is 1250. The summed E-state index contributed by atoms with van der Waals surface area (Å²) in [6.07, 6.45) is 3.74. The molecule has 2 aliphatic rings. The van der Waals surface area contributed by atoms with Gasteiger partial charge in [0.2, 0.25) is 11.9 Å². The summed E-state index contributed by atoms with van der Waals surface area (Å²) in [5, 5.41) is 3.67. The predicted molar refractivity (Wildman–Crippen MR) is 123 cm³/mol. The van der Waals surface area contributed by atoms with E-state index in [9.17, 15) is 0 Å². The average Bonchev–Trinajstić information content (AvgIpc) is 3.47. The lowest BCUT2D eigenvalue weighted by Gasteiger charge is -2.41. The van der Waals surface area contributed by atoms with Gasteiger partial charge in [0.25, 0.3) is 0 Å². The van der Waals surface area contributed by atoms with Gasteiger partial charge in [0.1, 0.15) is 11.9 Å². The van der Waals surface area contributed by atoms with Crippen LogP contribution in [0.25, 0.3) is 11.0 Å². The Morgan fingerprint density at radius 2 is 1.97 bits per heavy atom. The van der Waals surface area contributed by atoms with Crippen molar-refractivity contribution < 1.29 is 4.42 Å². The second kappa shape index (κ2) is 7.47. The Morgan fingerprint density at radius 1 is 1.10 bits per heavy atom. The van der Waals surface area contributed by atoms with Gasteiger partial charge in [-0.3, -0.25) is 14.4 Å². The lowest BCUT2D eigenvalue weighted by molar-refractivity contribution is 0.243. The van der Waals surface area contributed by atoms with Crippen LogP contribution in [0.3, 0.4) is 0 Å². The van der Waals surface area contributed by atoms with E-state index in [1.165, 1.54) is 10.5 Å². The number of imidazole rings is 1. The zero-order valence-electron chi connectivity index (χ0n) is 17.1. The summed E-state index contributed by atoms with van der Waals surface area (Å²) in [5.74, 6) is 2.70. The van der Waals surface area contributed by atoms with Gasteiger partial charge >= 0.3 is 0 Å². The minimum Gasteiger partial charge on any atom is -0.468 e. The highest BCUT2D eigenvalue weighted by Crippen LogP contribution is 2.34. The summed E-state index contributed by atoms with van der Waals surface area (Å²) in [7, 11) is 0. The van der Waals surface area contributed by atoms with Crippen molar-refractivity contribution in [3.63, 3.8) is 0 Å². The van der Waals surface area contributed by atoms with E-state index in [2.05, 4.69) is 68.4 Å². The van der Waals surface area contributed by atoms with Gasteiger partial charge in [0.05, 0.1) is 37.2 Å². The Balaban J connectivity index is 1.42. The summed E-state index contributed by atoms with van der Waals surface area (Å²) in [6.45, 7) is 2.01. The normalized spacial score (nSPS) is 18.4. The molecule has 1 atom stereocenters. The van der Waals surface area contributed by atoms with E-state index < -0.39 is 0 Å². The average molecular weight is 431 g/mol. The molecule has 6 rings (SSSR count). The largest absolute Gasteiger partial charge is 0.468 e. The molecular weight excluding hydrogens is 408 g/mol. The van der Waals surface area contributed by atoms with Crippen LogP contribution < -0.4 is 10.2 Å². The van der Waals surface area contributed by atoms with Crippen LogP contribution in [0.2, 0.25) is 0 Å². The Kier molecular flexibility index (Phi) is 4.47. The number of furan rings is 1. The highest BCUT2D eigenvalue weighted by atomic mass is 32.2. The molecule has 0 unspecified atom stereocenters. The van der Waals surface area contributed by atoms with E-state index in [4.69, 9.17) is 14.4 Å². The number of rotatable bonds is 4. The minimum absolute atomic E-state index is 0.0649. The van der Waals surface area contributed by atoms with Gasteiger partial charge in [0, 0.05) is 4.90 Å². The van der Waals surface area contributed by atoms with Crippen molar-refractivity contribution in [3.8, 4) is 0 Å². The van der Waals surface area contributed by atoms with E-state index >= 15 is 0 Å². The van der Waals surface area contributed by atoms with Gasteiger partial charge in [-0.05, 0) is 48.2 Å². The van der Waals surface area contributed by atoms with Crippen LogP contribution in [0, 0.1) is 0 Å². The van der Waals surface area contributed by atoms with Gasteiger partial charge in [-0.25, -0.2) is 9.98 Å². The fourth-order valence-corrected chi connectivity index (χ4v) is 4.66. The molecule has 2 aromatic carbocycles. The van der Waals surface area contributed by atoms with E-state index in [-0.39, 0.29) is 6.17 Å². The lowest BCUT2D eigenvalue weighted by atomic mass is 10.1.